The minimum atomic E-state index is -0.668. The lowest BCUT2D eigenvalue weighted by Gasteiger charge is -2.25. The van der Waals surface area contributed by atoms with Gasteiger partial charge in [0.25, 0.3) is 11.8 Å². The Kier molecular flexibility index (Phi) is 4.01. The van der Waals surface area contributed by atoms with Crippen molar-refractivity contribution in [2.24, 2.45) is 0 Å². The summed E-state index contributed by atoms with van der Waals surface area (Å²) in [6.07, 6.45) is 0. The van der Waals surface area contributed by atoms with Gasteiger partial charge in [-0.05, 0) is 23.8 Å². The summed E-state index contributed by atoms with van der Waals surface area (Å²) in [6.45, 7) is 0.741. The van der Waals surface area contributed by atoms with Gasteiger partial charge in [-0.15, -0.1) is 0 Å². The van der Waals surface area contributed by atoms with Gasteiger partial charge in [-0.2, -0.15) is 0 Å². The summed E-state index contributed by atoms with van der Waals surface area (Å²) in [5, 5.41) is 6.28. The lowest BCUT2D eigenvalue weighted by atomic mass is 9.90. The van der Waals surface area contributed by atoms with Crippen molar-refractivity contribution in [3.05, 3.63) is 81.7 Å². The highest BCUT2D eigenvalue weighted by atomic mass is 16.4. The third-order valence-corrected chi connectivity index (χ3v) is 4.55. The van der Waals surface area contributed by atoms with Crippen molar-refractivity contribution in [1.82, 2.24) is 10.6 Å². The molecule has 2 N–H and O–H groups in total. The molecule has 2 aromatic carbocycles. The van der Waals surface area contributed by atoms with E-state index in [0.717, 1.165) is 5.56 Å². The fourth-order valence-electron chi connectivity index (χ4n) is 3.19. The Hall–Kier alpha value is -3.41. The largest absolute Gasteiger partial charge is 0.422 e. The van der Waals surface area contributed by atoms with Gasteiger partial charge in [0.05, 0.1) is 0 Å². The molecule has 0 saturated carbocycles. The number of benzene rings is 2. The zero-order chi connectivity index (χ0) is 18.1. The molecule has 0 aliphatic carbocycles. The minimum absolute atomic E-state index is 0.0307. The van der Waals surface area contributed by atoms with Crippen molar-refractivity contribution in [3.8, 4) is 0 Å². The minimum Gasteiger partial charge on any atom is -0.422 e. The van der Waals surface area contributed by atoms with Gasteiger partial charge in [-0.25, -0.2) is 4.79 Å². The molecule has 130 valence electrons. The Balaban J connectivity index is 1.55. The number of carbonyl (C=O) groups excluding carboxylic acids is 2. The number of para-hydroxylation sites is 1. The van der Waals surface area contributed by atoms with Crippen molar-refractivity contribution in [1.29, 1.82) is 0 Å². The van der Waals surface area contributed by atoms with E-state index >= 15 is 0 Å². The van der Waals surface area contributed by atoms with E-state index in [4.69, 9.17) is 4.42 Å². The zero-order valence-corrected chi connectivity index (χ0v) is 13.8. The normalized spacial score (nSPS) is 16.0. The number of hydrogen-bond acceptors (Lipinski definition) is 4. The van der Waals surface area contributed by atoms with E-state index in [9.17, 15) is 14.4 Å². The SMILES string of the molecule is O=C1NCC(CNC(=O)c2cc3ccccc3oc2=O)c2ccccc21. The number of fused-ring (bicyclic) bond motifs is 2. The molecule has 0 bridgehead atoms. The Morgan fingerprint density at radius 1 is 1.12 bits per heavy atom. The Morgan fingerprint density at radius 2 is 1.88 bits per heavy atom. The standard InChI is InChI=1S/C20H16N2O4/c23-18-15-7-3-2-6-14(15)13(10-21-18)11-22-19(24)16-9-12-5-1-4-8-17(12)26-20(16)25/h1-9,13H,10-11H2,(H,21,23)(H,22,24). The molecule has 0 fully saturated rings. The van der Waals surface area contributed by atoms with E-state index < -0.39 is 11.5 Å². The van der Waals surface area contributed by atoms with Crippen molar-refractivity contribution >= 4 is 22.8 Å². The predicted molar refractivity (Wildman–Crippen MR) is 96.3 cm³/mol. The van der Waals surface area contributed by atoms with Gasteiger partial charge in [-0.1, -0.05) is 36.4 Å². The first-order valence-corrected chi connectivity index (χ1v) is 8.31. The van der Waals surface area contributed by atoms with Crippen LogP contribution in [-0.2, 0) is 0 Å². The van der Waals surface area contributed by atoms with Gasteiger partial charge in [0.15, 0.2) is 0 Å². The molecule has 0 spiro atoms. The van der Waals surface area contributed by atoms with E-state index in [0.29, 0.717) is 29.6 Å². The van der Waals surface area contributed by atoms with E-state index in [1.54, 1.807) is 30.3 Å². The van der Waals surface area contributed by atoms with E-state index in [1.165, 1.54) is 6.07 Å². The fourth-order valence-corrected chi connectivity index (χ4v) is 3.19. The molecule has 26 heavy (non-hydrogen) atoms. The number of carbonyl (C=O) groups is 2. The summed E-state index contributed by atoms with van der Waals surface area (Å²) in [4.78, 5) is 36.5. The molecule has 2 amide bonds. The average molecular weight is 348 g/mol. The molecule has 4 rings (SSSR count). The molecule has 1 atom stereocenters. The Labute approximate surface area is 148 Å². The molecule has 1 aromatic heterocycles. The summed E-state index contributed by atoms with van der Waals surface area (Å²) in [7, 11) is 0. The monoisotopic (exact) mass is 348 g/mol. The molecule has 1 aliphatic heterocycles. The number of amides is 2. The highest BCUT2D eigenvalue weighted by Gasteiger charge is 2.25. The molecular formula is C20H16N2O4. The topological polar surface area (TPSA) is 88.4 Å². The lowest BCUT2D eigenvalue weighted by Crippen LogP contribution is -2.40. The van der Waals surface area contributed by atoms with E-state index in [2.05, 4.69) is 10.6 Å². The first-order chi connectivity index (χ1) is 12.6. The summed E-state index contributed by atoms with van der Waals surface area (Å²) in [5.41, 5.74) is 1.25. The zero-order valence-electron chi connectivity index (χ0n) is 13.8. The predicted octanol–water partition coefficient (Wildman–Crippen LogP) is 2.05. The molecule has 2 heterocycles. The van der Waals surface area contributed by atoms with Crippen LogP contribution in [0.2, 0.25) is 0 Å². The van der Waals surface area contributed by atoms with Crippen LogP contribution in [0.4, 0.5) is 0 Å². The third kappa shape index (κ3) is 2.86. The molecule has 6 heteroatoms. The summed E-state index contributed by atoms with van der Waals surface area (Å²) >= 11 is 0. The maximum absolute atomic E-state index is 12.5. The van der Waals surface area contributed by atoms with Gasteiger partial charge < -0.3 is 15.1 Å². The first kappa shape index (κ1) is 16.1. The molecule has 0 radical (unpaired) electrons. The van der Waals surface area contributed by atoms with Crippen LogP contribution in [0.1, 0.15) is 32.2 Å². The van der Waals surface area contributed by atoms with Crippen molar-refractivity contribution < 1.29 is 14.0 Å². The van der Waals surface area contributed by atoms with Crippen LogP contribution in [-0.4, -0.2) is 24.9 Å². The smallest absolute Gasteiger partial charge is 0.349 e. The van der Waals surface area contributed by atoms with E-state index in [1.807, 2.05) is 18.2 Å². The molecule has 1 aliphatic rings. The lowest BCUT2D eigenvalue weighted by molar-refractivity contribution is 0.0935. The Morgan fingerprint density at radius 3 is 2.77 bits per heavy atom. The second kappa shape index (κ2) is 6.48. The number of rotatable bonds is 3. The molecule has 1 unspecified atom stereocenters. The first-order valence-electron chi connectivity index (χ1n) is 8.31. The maximum atomic E-state index is 12.5. The van der Waals surface area contributed by atoms with Gasteiger partial charge in [0, 0.05) is 30.0 Å². The van der Waals surface area contributed by atoms with Crippen LogP contribution in [0.15, 0.2) is 63.8 Å². The van der Waals surface area contributed by atoms with Gasteiger partial charge in [-0.3, -0.25) is 9.59 Å². The van der Waals surface area contributed by atoms with Crippen molar-refractivity contribution in [3.63, 3.8) is 0 Å². The van der Waals surface area contributed by atoms with Crippen LogP contribution in [0.25, 0.3) is 11.0 Å². The second-order valence-corrected chi connectivity index (χ2v) is 6.19. The van der Waals surface area contributed by atoms with Crippen LogP contribution >= 0.6 is 0 Å². The summed E-state index contributed by atoms with van der Waals surface area (Å²) < 4.78 is 5.20. The molecule has 3 aromatic rings. The number of hydrogen-bond donors (Lipinski definition) is 2. The van der Waals surface area contributed by atoms with Crippen molar-refractivity contribution in [2.75, 3.05) is 13.1 Å². The Bertz CT molecular complexity index is 1070. The quantitative estimate of drug-likeness (QED) is 0.709. The number of nitrogens with one attached hydrogen (secondary N) is 2. The van der Waals surface area contributed by atoms with Gasteiger partial charge in [0.1, 0.15) is 11.1 Å². The highest BCUT2D eigenvalue weighted by molar-refractivity contribution is 5.98. The van der Waals surface area contributed by atoms with Crippen molar-refractivity contribution in [2.45, 2.75) is 5.92 Å². The van der Waals surface area contributed by atoms with Crippen LogP contribution in [0.5, 0.6) is 0 Å². The van der Waals surface area contributed by atoms with Crippen LogP contribution in [0.3, 0.4) is 0 Å². The summed E-state index contributed by atoms with van der Waals surface area (Å²) in [6, 6.07) is 15.9. The van der Waals surface area contributed by atoms with E-state index in [-0.39, 0.29) is 17.4 Å². The molecule has 6 nitrogen and oxygen atoms in total. The summed E-state index contributed by atoms with van der Waals surface area (Å²) in [5.74, 6) is -0.655. The second-order valence-electron chi connectivity index (χ2n) is 6.19. The molecule has 0 saturated heterocycles. The fraction of sp³-hybridized carbons (Fsp3) is 0.150. The third-order valence-electron chi connectivity index (χ3n) is 4.55. The highest BCUT2D eigenvalue weighted by Crippen LogP contribution is 2.23. The maximum Gasteiger partial charge on any atom is 0.349 e. The van der Waals surface area contributed by atoms with Crippen LogP contribution < -0.4 is 16.3 Å². The van der Waals surface area contributed by atoms with Crippen LogP contribution in [0, 0.1) is 0 Å². The average Bonchev–Trinajstić information content (AvgIpc) is 2.67. The molecular weight excluding hydrogens is 332 g/mol. The van der Waals surface area contributed by atoms with Gasteiger partial charge in [0.2, 0.25) is 0 Å². The van der Waals surface area contributed by atoms with Gasteiger partial charge >= 0.3 is 5.63 Å².